The van der Waals surface area contributed by atoms with Crippen molar-refractivity contribution in [3.05, 3.63) is 71.9 Å². The molecule has 0 spiro atoms. The molecule has 59 heavy (non-hydrogen) atoms. The lowest BCUT2D eigenvalue weighted by Crippen LogP contribution is -2.32. The van der Waals surface area contributed by atoms with Crippen molar-refractivity contribution in [2.24, 2.45) is 23.7 Å². The summed E-state index contributed by atoms with van der Waals surface area (Å²) in [6.45, 7) is 10.6. The molecule has 0 radical (unpaired) electrons. The SMILES string of the molecule is COC(CC1CCCC(C=O)O1)/C(C)=C/C=C/C=C/C(C)CC(C)C(=O)CC(O)/C(C)=C/C(C)CCC(CCC1CCC(OC(=S)Oc2ccc(N)cc2)CC1)OC=O. The molecule has 2 fully saturated rings. The molecule has 8 atom stereocenters. The van der Waals surface area contributed by atoms with Crippen LogP contribution >= 0.6 is 12.2 Å². The van der Waals surface area contributed by atoms with Gasteiger partial charge in [0.2, 0.25) is 0 Å². The Morgan fingerprint density at radius 2 is 1.68 bits per heavy atom. The molecule has 0 bridgehead atoms. The number of anilines is 1. The van der Waals surface area contributed by atoms with Gasteiger partial charge in [0.05, 0.1) is 18.3 Å². The van der Waals surface area contributed by atoms with Gasteiger partial charge >= 0.3 is 5.24 Å². The fraction of sp³-hybridized carbons (Fsp3) is 0.625. The first kappa shape index (κ1) is 49.7. The maximum absolute atomic E-state index is 13.1. The molecule has 8 unspecified atom stereocenters. The van der Waals surface area contributed by atoms with Crippen molar-refractivity contribution < 1.29 is 43.2 Å². The molecule has 2 aliphatic rings. The van der Waals surface area contributed by atoms with E-state index in [0.717, 1.165) is 94.5 Å². The lowest BCUT2D eigenvalue weighted by Gasteiger charge is -2.29. The van der Waals surface area contributed by atoms with E-state index in [9.17, 15) is 19.5 Å². The van der Waals surface area contributed by atoms with Crippen molar-refractivity contribution in [2.75, 3.05) is 12.8 Å². The Hall–Kier alpha value is -3.64. The zero-order chi connectivity index (χ0) is 43.2. The number of methoxy groups -OCH3 is 1. The standard InChI is InChI=1S/C48H71NO9S/c1-33(11-8-7-9-12-35(3)47(54-6)29-43-13-10-14-44(31-50)56-43)27-36(4)45(52)30-46(53)37(5)28-34(2)15-21-40(55-32-51)22-16-38-17-23-41(24-18-38)57-48(59)58-42-25-19-39(49)20-26-42/h7-9,11-12,19-20,25-26,28,31-34,36,38,40-41,43-44,46-47,53H,10,13-18,21-24,27,29-30,49H2,1-6H3/b9-7+,11-8+,35-12+,37-28+. The molecule has 1 heterocycles. The van der Waals surface area contributed by atoms with Crippen LogP contribution in [0.5, 0.6) is 5.75 Å². The Kier molecular flexibility index (Phi) is 23.0. The highest BCUT2D eigenvalue weighted by atomic mass is 32.1. The molecule has 1 aliphatic carbocycles. The zero-order valence-electron chi connectivity index (χ0n) is 36.3. The molecule has 1 aromatic rings. The third-order valence-electron chi connectivity index (χ3n) is 11.8. The van der Waals surface area contributed by atoms with E-state index in [4.69, 9.17) is 41.6 Å². The number of ketones is 1. The molecule has 3 rings (SSSR count). The lowest BCUT2D eigenvalue weighted by atomic mass is 9.83. The minimum atomic E-state index is -0.831. The minimum Gasteiger partial charge on any atom is -0.465 e. The molecule has 10 nitrogen and oxygen atoms in total. The van der Waals surface area contributed by atoms with Crippen LogP contribution in [-0.2, 0) is 33.3 Å². The van der Waals surface area contributed by atoms with Crippen LogP contribution < -0.4 is 10.5 Å². The van der Waals surface area contributed by atoms with Crippen LogP contribution in [0.3, 0.4) is 0 Å². The van der Waals surface area contributed by atoms with Gasteiger partial charge in [0.1, 0.15) is 36.1 Å². The van der Waals surface area contributed by atoms with E-state index >= 15 is 0 Å². The van der Waals surface area contributed by atoms with E-state index in [1.165, 1.54) is 0 Å². The van der Waals surface area contributed by atoms with Gasteiger partial charge in [-0.15, -0.1) is 0 Å². The largest absolute Gasteiger partial charge is 0.465 e. The number of ether oxygens (including phenoxy) is 5. The van der Waals surface area contributed by atoms with Crippen molar-refractivity contribution >= 4 is 41.7 Å². The van der Waals surface area contributed by atoms with Crippen LogP contribution in [0.15, 0.2) is 71.9 Å². The maximum Gasteiger partial charge on any atom is 0.358 e. The van der Waals surface area contributed by atoms with Crippen LogP contribution in [0.1, 0.15) is 125 Å². The van der Waals surface area contributed by atoms with E-state index in [1.54, 1.807) is 31.4 Å². The van der Waals surface area contributed by atoms with Crippen LogP contribution in [0.4, 0.5) is 5.69 Å². The first-order chi connectivity index (χ1) is 28.3. The summed E-state index contributed by atoms with van der Waals surface area (Å²) >= 11 is 5.30. The van der Waals surface area contributed by atoms with Gasteiger partial charge < -0.3 is 39.3 Å². The van der Waals surface area contributed by atoms with Gasteiger partial charge in [-0.05, 0) is 144 Å². The van der Waals surface area contributed by atoms with Gasteiger partial charge in [-0.1, -0.05) is 57.2 Å². The Balaban J connectivity index is 1.33. The number of rotatable bonds is 25. The summed E-state index contributed by atoms with van der Waals surface area (Å²) in [4.78, 5) is 35.6. The molecule has 0 amide bonds. The van der Waals surface area contributed by atoms with E-state index in [0.29, 0.717) is 30.2 Å². The number of allylic oxidation sites excluding steroid dienone is 6. The van der Waals surface area contributed by atoms with E-state index in [-0.39, 0.29) is 65.7 Å². The Labute approximate surface area is 359 Å². The molecule has 11 heteroatoms. The van der Waals surface area contributed by atoms with E-state index in [2.05, 4.69) is 19.9 Å². The molecule has 3 N–H and O–H groups in total. The summed E-state index contributed by atoms with van der Waals surface area (Å²) < 4.78 is 28.6. The number of Topliss-reactive ketones (excluding diaryl/α,β-unsaturated/α-hetero) is 1. The molecule has 328 valence electrons. The number of aldehydes is 1. The summed E-state index contributed by atoms with van der Waals surface area (Å²) in [7, 11) is 1.70. The fourth-order valence-corrected chi connectivity index (χ4v) is 8.30. The summed E-state index contributed by atoms with van der Waals surface area (Å²) in [5, 5.41) is 11.0. The Bertz CT molecular complexity index is 1550. The second-order valence-corrected chi connectivity index (χ2v) is 17.2. The van der Waals surface area contributed by atoms with Crippen molar-refractivity contribution in [3.8, 4) is 5.75 Å². The van der Waals surface area contributed by atoms with Crippen LogP contribution in [0.25, 0.3) is 0 Å². The third kappa shape index (κ3) is 19.5. The Morgan fingerprint density at radius 1 is 0.949 bits per heavy atom. The number of aliphatic hydroxyl groups is 1. The molecular formula is C48H71NO9S. The number of hydrogen-bond donors (Lipinski definition) is 2. The highest BCUT2D eigenvalue weighted by Gasteiger charge is 2.27. The first-order valence-corrected chi connectivity index (χ1v) is 22.1. The zero-order valence-corrected chi connectivity index (χ0v) is 37.1. The number of carbonyl (C=O) groups is 3. The number of thiocarbonyl (C=S) groups is 1. The van der Waals surface area contributed by atoms with Crippen LogP contribution in [-0.4, -0.2) is 72.6 Å². The van der Waals surface area contributed by atoms with Gasteiger partial charge in [0.25, 0.3) is 6.47 Å². The van der Waals surface area contributed by atoms with E-state index < -0.39 is 6.10 Å². The normalized spacial score (nSPS) is 23.5. The highest BCUT2D eigenvalue weighted by Crippen LogP contribution is 2.32. The fourth-order valence-electron chi connectivity index (χ4n) is 8.07. The third-order valence-corrected chi connectivity index (χ3v) is 12.0. The van der Waals surface area contributed by atoms with Gasteiger partial charge in [0, 0.05) is 43.8 Å². The van der Waals surface area contributed by atoms with Crippen molar-refractivity contribution in [1.29, 1.82) is 0 Å². The number of carbonyl (C=O) groups excluding carboxylic acids is 3. The average molecular weight is 838 g/mol. The molecule has 1 aliphatic heterocycles. The number of nitrogen functional groups attached to an aromatic ring is 1. The molecular weight excluding hydrogens is 767 g/mol. The molecule has 1 aromatic carbocycles. The van der Waals surface area contributed by atoms with Crippen LogP contribution in [0, 0.1) is 23.7 Å². The van der Waals surface area contributed by atoms with Gasteiger partial charge in [-0.3, -0.25) is 9.59 Å². The summed E-state index contributed by atoms with van der Waals surface area (Å²) in [6.07, 6.45) is 23.1. The summed E-state index contributed by atoms with van der Waals surface area (Å²) in [6, 6.07) is 7.03. The minimum absolute atomic E-state index is 0.0238. The lowest BCUT2D eigenvalue weighted by molar-refractivity contribution is -0.134. The topological polar surface area (TPSA) is 144 Å². The second-order valence-electron chi connectivity index (χ2n) is 16.9. The monoisotopic (exact) mass is 837 g/mol. The average Bonchev–Trinajstić information content (AvgIpc) is 3.22. The highest BCUT2D eigenvalue weighted by molar-refractivity contribution is 7.79. The molecule has 1 saturated carbocycles. The second kappa shape index (κ2) is 27.3. The number of hydrogen-bond acceptors (Lipinski definition) is 11. The summed E-state index contributed by atoms with van der Waals surface area (Å²) in [5.74, 6) is 1.34. The predicted molar refractivity (Wildman–Crippen MR) is 238 cm³/mol. The molecule has 0 aromatic heterocycles. The number of benzene rings is 1. The van der Waals surface area contributed by atoms with Crippen LogP contribution in [0.2, 0.25) is 0 Å². The summed E-state index contributed by atoms with van der Waals surface area (Å²) in [5.41, 5.74) is 8.27. The van der Waals surface area contributed by atoms with Crippen molar-refractivity contribution in [2.45, 2.75) is 161 Å². The predicted octanol–water partition coefficient (Wildman–Crippen LogP) is 9.78. The maximum atomic E-state index is 13.1. The van der Waals surface area contributed by atoms with Gasteiger partial charge in [-0.2, -0.15) is 0 Å². The van der Waals surface area contributed by atoms with E-state index in [1.807, 2.05) is 51.2 Å². The smallest absolute Gasteiger partial charge is 0.358 e. The van der Waals surface area contributed by atoms with Gasteiger partial charge in [0.15, 0.2) is 0 Å². The van der Waals surface area contributed by atoms with Crippen molar-refractivity contribution in [1.82, 2.24) is 0 Å². The molecule has 1 saturated heterocycles. The first-order valence-electron chi connectivity index (χ1n) is 21.7. The number of nitrogens with two attached hydrogens (primary N) is 1. The van der Waals surface area contributed by atoms with Crippen molar-refractivity contribution in [3.63, 3.8) is 0 Å². The quantitative estimate of drug-likeness (QED) is 0.0319. The van der Waals surface area contributed by atoms with Gasteiger partial charge in [-0.25, -0.2) is 0 Å². The Morgan fingerprint density at radius 3 is 2.36 bits per heavy atom. The number of aliphatic hydroxyl groups excluding tert-OH is 1.